The molecular formula is C14H20O4. The van der Waals surface area contributed by atoms with E-state index < -0.39 is 5.97 Å². The molecule has 0 radical (unpaired) electrons. The summed E-state index contributed by atoms with van der Waals surface area (Å²) < 4.78 is 10.6. The lowest BCUT2D eigenvalue weighted by atomic mass is 9.99. The zero-order valence-corrected chi connectivity index (χ0v) is 11.3. The first kappa shape index (κ1) is 14.4. The molecule has 1 N–H and O–H groups in total. The highest BCUT2D eigenvalue weighted by Gasteiger charge is 2.14. The van der Waals surface area contributed by atoms with Gasteiger partial charge in [0.1, 0.15) is 11.5 Å². The summed E-state index contributed by atoms with van der Waals surface area (Å²) in [4.78, 5) is 10.8. The summed E-state index contributed by atoms with van der Waals surface area (Å²) in [5.74, 6) is 0.453. The second kappa shape index (κ2) is 6.28. The van der Waals surface area contributed by atoms with Gasteiger partial charge in [0.2, 0.25) is 0 Å². The minimum absolute atomic E-state index is 0.359. The zero-order valence-electron chi connectivity index (χ0n) is 11.3. The second-order valence-corrected chi connectivity index (χ2v) is 4.41. The lowest BCUT2D eigenvalue weighted by Gasteiger charge is -2.14. The van der Waals surface area contributed by atoms with Gasteiger partial charge in [-0.2, -0.15) is 0 Å². The van der Waals surface area contributed by atoms with E-state index in [1.807, 2.05) is 19.1 Å². The normalized spacial score (nSPS) is 12.0. The number of aryl methyl sites for hydroxylation is 2. The fourth-order valence-electron chi connectivity index (χ4n) is 1.80. The fourth-order valence-corrected chi connectivity index (χ4v) is 1.80. The van der Waals surface area contributed by atoms with Gasteiger partial charge in [0, 0.05) is 0 Å². The van der Waals surface area contributed by atoms with Crippen LogP contribution >= 0.6 is 0 Å². The van der Waals surface area contributed by atoms with Gasteiger partial charge in [-0.05, 0) is 43.0 Å². The molecule has 0 bridgehead atoms. The van der Waals surface area contributed by atoms with E-state index in [2.05, 4.69) is 0 Å². The summed E-state index contributed by atoms with van der Waals surface area (Å²) in [6.07, 6.45) is 1.24. The molecule has 1 rings (SSSR count). The van der Waals surface area contributed by atoms with Crippen LogP contribution in [0.3, 0.4) is 0 Å². The summed E-state index contributed by atoms with van der Waals surface area (Å²) >= 11 is 0. The maximum absolute atomic E-state index is 10.8. The Hall–Kier alpha value is -1.71. The Labute approximate surface area is 108 Å². The van der Waals surface area contributed by atoms with Crippen LogP contribution in [0.4, 0.5) is 0 Å². The molecule has 1 unspecified atom stereocenters. The summed E-state index contributed by atoms with van der Waals surface area (Å²) in [5.41, 5.74) is 1.98. The molecule has 0 aliphatic rings. The lowest BCUT2D eigenvalue weighted by molar-refractivity contribution is -0.141. The Morgan fingerprint density at radius 2 is 1.89 bits per heavy atom. The number of carboxylic acid groups (broad SMARTS) is 1. The van der Waals surface area contributed by atoms with Crippen molar-refractivity contribution in [2.45, 2.75) is 26.7 Å². The minimum Gasteiger partial charge on any atom is -0.496 e. The molecule has 0 amide bonds. The standard InChI is InChI=1S/C14H20O4/c1-9(14(15)16)5-6-11-8-12(17-3)10(2)7-13(11)18-4/h7-9H,5-6H2,1-4H3,(H,15,16). The number of methoxy groups -OCH3 is 2. The Balaban J connectivity index is 2.89. The van der Waals surface area contributed by atoms with Crippen molar-refractivity contribution in [1.82, 2.24) is 0 Å². The topological polar surface area (TPSA) is 55.8 Å². The summed E-state index contributed by atoms with van der Waals surface area (Å²) in [5, 5.41) is 8.88. The predicted octanol–water partition coefficient (Wildman–Crippen LogP) is 2.67. The quantitative estimate of drug-likeness (QED) is 0.845. The number of hydrogen-bond donors (Lipinski definition) is 1. The van der Waals surface area contributed by atoms with Crippen molar-refractivity contribution in [2.75, 3.05) is 14.2 Å². The number of carboxylic acids is 1. The molecule has 1 atom stereocenters. The maximum Gasteiger partial charge on any atom is 0.306 e. The third-order valence-corrected chi connectivity index (χ3v) is 3.07. The molecule has 0 aromatic heterocycles. The van der Waals surface area contributed by atoms with Gasteiger partial charge in [0.05, 0.1) is 20.1 Å². The molecule has 4 nitrogen and oxygen atoms in total. The highest BCUT2D eigenvalue weighted by molar-refractivity contribution is 5.69. The Kier molecular flexibility index (Phi) is 5.01. The van der Waals surface area contributed by atoms with Crippen LogP contribution in [0.25, 0.3) is 0 Å². The van der Waals surface area contributed by atoms with E-state index in [-0.39, 0.29) is 5.92 Å². The molecule has 100 valence electrons. The Bertz CT molecular complexity index is 426. The first-order valence-electron chi connectivity index (χ1n) is 5.94. The number of rotatable bonds is 6. The predicted molar refractivity (Wildman–Crippen MR) is 69.4 cm³/mol. The van der Waals surface area contributed by atoms with Crippen molar-refractivity contribution in [1.29, 1.82) is 0 Å². The molecule has 0 fully saturated rings. The van der Waals surface area contributed by atoms with Gasteiger partial charge in [-0.3, -0.25) is 4.79 Å². The molecule has 0 aliphatic carbocycles. The minimum atomic E-state index is -0.770. The van der Waals surface area contributed by atoms with Crippen molar-refractivity contribution < 1.29 is 19.4 Å². The molecule has 0 saturated heterocycles. The van der Waals surface area contributed by atoms with Crippen LogP contribution in [-0.2, 0) is 11.2 Å². The Morgan fingerprint density at radius 1 is 1.28 bits per heavy atom. The maximum atomic E-state index is 10.8. The third-order valence-electron chi connectivity index (χ3n) is 3.07. The Morgan fingerprint density at radius 3 is 2.39 bits per heavy atom. The van der Waals surface area contributed by atoms with Gasteiger partial charge in [-0.1, -0.05) is 6.92 Å². The molecule has 0 aliphatic heterocycles. The number of benzene rings is 1. The summed E-state index contributed by atoms with van der Waals surface area (Å²) in [6, 6.07) is 3.84. The van der Waals surface area contributed by atoms with Crippen molar-refractivity contribution in [3.05, 3.63) is 23.3 Å². The molecule has 1 aromatic rings. The average molecular weight is 252 g/mol. The van der Waals surface area contributed by atoms with E-state index in [1.165, 1.54) is 0 Å². The molecule has 4 heteroatoms. The number of carbonyl (C=O) groups is 1. The third kappa shape index (κ3) is 3.39. The van der Waals surface area contributed by atoms with Crippen molar-refractivity contribution in [3.8, 4) is 11.5 Å². The van der Waals surface area contributed by atoms with Gasteiger partial charge in [-0.25, -0.2) is 0 Å². The number of aliphatic carboxylic acids is 1. The second-order valence-electron chi connectivity index (χ2n) is 4.41. The molecule has 0 spiro atoms. The van der Waals surface area contributed by atoms with Gasteiger partial charge in [-0.15, -0.1) is 0 Å². The molecule has 0 saturated carbocycles. The van der Waals surface area contributed by atoms with Crippen LogP contribution in [0.15, 0.2) is 12.1 Å². The highest BCUT2D eigenvalue weighted by atomic mass is 16.5. The van der Waals surface area contributed by atoms with Crippen molar-refractivity contribution >= 4 is 5.97 Å². The van der Waals surface area contributed by atoms with Crippen LogP contribution in [-0.4, -0.2) is 25.3 Å². The van der Waals surface area contributed by atoms with E-state index in [0.29, 0.717) is 12.8 Å². The summed E-state index contributed by atoms with van der Waals surface area (Å²) in [7, 11) is 3.24. The number of hydrogen-bond acceptors (Lipinski definition) is 3. The van der Waals surface area contributed by atoms with Gasteiger partial charge >= 0.3 is 5.97 Å². The summed E-state index contributed by atoms with van der Waals surface area (Å²) in [6.45, 7) is 3.66. The highest BCUT2D eigenvalue weighted by Crippen LogP contribution is 2.29. The van der Waals surface area contributed by atoms with Crippen LogP contribution in [0.2, 0.25) is 0 Å². The van der Waals surface area contributed by atoms with E-state index in [4.69, 9.17) is 14.6 Å². The van der Waals surface area contributed by atoms with Gasteiger partial charge in [0.15, 0.2) is 0 Å². The van der Waals surface area contributed by atoms with E-state index in [9.17, 15) is 4.79 Å². The van der Waals surface area contributed by atoms with E-state index >= 15 is 0 Å². The molecule has 18 heavy (non-hydrogen) atoms. The smallest absolute Gasteiger partial charge is 0.306 e. The van der Waals surface area contributed by atoms with Crippen molar-refractivity contribution in [2.24, 2.45) is 5.92 Å². The monoisotopic (exact) mass is 252 g/mol. The molecule has 0 heterocycles. The van der Waals surface area contributed by atoms with E-state index in [0.717, 1.165) is 22.6 Å². The molecular weight excluding hydrogens is 232 g/mol. The van der Waals surface area contributed by atoms with Gasteiger partial charge < -0.3 is 14.6 Å². The van der Waals surface area contributed by atoms with Crippen LogP contribution < -0.4 is 9.47 Å². The zero-order chi connectivity index (χ0) is 13.7. The van der Waals surface area contributed by atoms with Crippen molar-refractivity contribution in [3.63, 3.8) is 0 Å². The van der Waals surface area contributed by atoms with Crippen LogP contribution in [0, 0.1) is 12.8 Å². The average Bonchev–Trinajstić information content (AvgIpc) is 2.36. The van der Waals surface area contributed by atoms with Gasteiger partial charge in [0.25, 0.3) is 0 Å². The lowest BCUT2D eigenvalue weighted by Crippen LogP contribution is -2.10. The largest absolute Gasteiger partial charge is 0.496 e. The first-order valence-corrected chi connectivity index (χ1v) is 5.94. The van der Waals surface area contributed by atoms with Crippen LogP contribution in [0.5, 0.6) is 11.5 Å². The SMILES string of the molecule is COc1cc(CCC(C)C(=O)O)c(OC)cc1C. The van der Waals surface area contributed by atoms with Crippen LogP contribution in [0.1, 0.15) is 24.5 Å². The fraction of sp³-hybridized carbons (Fsp3) is 0.500. The molecule has 1 aromatic carbocycles. The number of ether oxygens (including phenoxy) is 2. The van der Waals surface area contributed by atoms with E-state index in [1.54, 1.807) is 21.1 Å². The first-order chi connectivity index (χ1) is 8.49.